The molecular weight excluding hydrogens is 416 g/mol. The fraction of sp³-hybridized carbons (Fsp3) is 0.250. The summed E-state index contributed by atoms with van der Waals surface area (Å²) < 4.78 is 11.0. The molecule has 0 bridgehead atoms. The summed E-state index contributed by atoms with van der Waals surface area (Å²) in [5.74, 6) is 0.269. The molecular formula is C20H17ClN2O5S. The smallest absolute Gasteiger partial charge is 0.294 e. The van der Waals surface area contributed by atoms with E-state index in [9.17, 15) is 14.4 Å². The van der Waals surface area contributed by atoms with Crippen LogP contribution in [0.2, 0.25) is 5.02 Å². The van der Waals surface area contributed by atoms with Crippen molar-refractivity contribution in [2.75, 3.05) is 32.8 Å². The molecule has 0 saturated carbocycles. The molecule has 0 radical (unpaired) electrons. The Labute approximate surface area is 176 Å². The van der Waals surface area contributed by atoms with Gasteiger partial charge in [0, 0.05) is 29.8 Å². The highest BCUT2D eigenvalue weighted by molar-refractivity contribution is 8.18. The zero-order valence-electron chi connectivity index (χ0n) is 15.3. The van der Waals surface area contributed by atoms with Gasteiger partial charge in [0.15, 0.2) is 0 Å². The van der Waals surface area contributed by atoms with Gasteiger partial charge in [0.1, 0.15) is 18.1 Å². The standard InChI is InChI=1S/C20H17ClN2O5S/c21-14-3-1-2-13(10-14)16-5-4-15(28-16)11-17-19(25)23(20(26)29-17)12-18(24)22-6-8-27-9-7-22/h1-5,10-11H,6-9,12H2/b17-11-. The van der Waals surface area contributed by atoms with Crippen LogP contribution in [0.3, 0.4) is 0 Å². The number of carbonyl (C=O) groups is 3. The van der Waals surface area contributed by atoms with Crippen molar-refractivity contribution in [2.24, 2.45) is 0 Å². The van der Waals surface area contributed by atoms with Crippen molar-refractivity contribution in [3.8, 4) is 11.3 Å². The average molecular weight is 433 g/mol. The fourth-order valence-corrected chi connectivity index (χ4v) is 4.05. The zero-order valence-corrected chi connectivity index (χ0v) is 16.9. The van der Waals surface area contributed by atoms with Crippen molar-refractivity contribution in [2.45, 2.75) is 0 Å². The van der Waals surface area contributed by atoms with Crippen molar-refractivity contribution in [3.63, 3.8) is 0 Å². The molecule has 1 aromatic carbocycles. The normalized spacial score (nSPS) is 18.7. The lowest BCUT2D eigenvalue weighted by molar-refractivity contribution is -0.139. The molecule has 2 aromatic rings. The van der Waals surface area contributed by atoms with Crippen molar-refractivity contribution in [1.82, 2.24) is 9.80 Å². The van der Waals surface area contributed by atoms with Gasteiger partial charge >= 0.3 is 0 Å². The Bertz CT molecular complexity index is 996. The van der Waals surface area contributed by atoms with Crippen LogP contribution < -0.4 is 0 Å². The van der Waals surface area contributed by atoms with E-state index in [4.69, 9.17) is 20.8 Å². The van der Waals surface area contributed by atoms with Gasteiger partial charge < -0.3 is 14.1 Å². The summed E-state index contributed by atoms with van der Waals surface area (Å²) >= 11 is 6.80. The molecule has 9 heteroatoms. The molecule has 2 fully saturated rings. The van der Waals surface area contributed by atoms with Gasteiger partial charge in [0.2, 0.25) is 5.91 Å². The van der Waals surface area contributed by atoms with Gasteiger partial charge in [-0.05, 0) is 36.0 Å². The van der Waals surface area contributed by atoms with Crippen LogP contribution in [0.4, 0.5) is 4.79 Å². The van der Waals surface area contributed by atoms with Crippen LogP contribution in [0.1, 0.15) is 5.76 Å². The second-order valence-electron chi connectivity index (χ2n) is 6.47. The predicted octanol–water partition coefficient (Wildman–Crippen LogP) is 3.50. The Morgan fingerprint density at radius 1 is 1.17 bits per heavy atom. The number of nitrogens with zero attached hydrogens (tertiary/aromatic N) is 2. The number of amides is 3. The Morgan fingerprint density at radius 3 is 2.72 bits per heavy atom. The topological polar surface area (TPSA) is 80.1 Å². The van der Waals surface area contributed by atoms with Crippen LogP contribution in [-0.2, 0) is 14.3 Å². The third-order valence-corrected chi connectivity index (χ3v) is 5.68. The number of hydrogen-bond donors (Lipinski definition) is 0. The average Bonchev–Trinajstić information content (AvgIpc) is 3.29. The van der Waals surface area contributed by atoms with Gasteiger partial charge in [0.05, 0.1) is 18.1 Å². The lowest BCUT2D eigenvalue weighted by atomic mass is 10.2. The lowest BCUT2D eigenvalue weighted by Crippen LogP contribution is -2.46. The first-order valence-electron chi connectivity index (χ1n) is 8.98. The maximum atomic E-state index is 12.6. The van der Waals surface area contributed by atoms with Crippen LogP contribution >= 0.6 is 23.4 Å². The number of ether oxygens (including phenoxy) is 1. The molecule has 3 amide bonds. The Balaban J connectivity index is 1.47. The van der Waals surface area contributed by atoms with E-state index in [1.165, 1.54) is 6.08 Å². The first-order chi connectivity index (χ1) is 14.0. The molecule has 7 nitrogen and oxygen atoms in total. The van der Waals surface area contributed by atoms with Crippen molar-refractivity contribution < 1.29 is 23.5 Å². The molecule has 0 aliphatic carbocycles. The van der Waals surface area contributed by atoms with E-state index in [-0.39, 0.29) is 17.4 Å². The molecule has 150 valence electrons. The van der Waals surface area contributed by atoms with Crippen LogP contribution in [0, 0.1) is 0 Å². The molecule has 0 unspecified atom stereocenters. The van der Waals surface area contributed by atoms with Crippen LogP contribution in [0.25, 0.3) is 17.4 Å². The second-order valence-corrected chi connectivity index (χ2v) is 7.90. The quantitative estimate of drug-likeness (QED) is 0.688. The van der Waals surface area contributed by atoms with E-state index in [2.05, 4.69) is 0 Å². The van der Waals surface area contributed by atoms with E-state index in [0.29, 0.717) is 42.8 Å². The number of furan rings is 1. The Morgan fingerprint density at radius 2 is 1.97 bits per heavy atom. The molecule has 2 aliphatic rings. The number of rotatable bonds is 4. The molecule has 2 saturated heterocycles. The number of hydrogen-bond acceptors (Lipinski definition) is 6. The molecule has 1 aromatic heterocycles. The molecule has 0 N–H and O–H groups in total. The van der Waals surface area contributed by atoms with Gasteiger partial charge in [-0.2, -0.15) is 0 Å². The van der Waals surface area contributed by atoms with Gasteiger partial charge in [0.25, 0.3) is 11.1 Å². The minimum atomic E-state index is -0.498. The van der Waals surface area contributed by atoms with Crippen molar-refractivity contribution in [1.29, 1.82) is 0 Å². The number of halogens is 1. The SMILES string of the molecule is O=C(CN1C(=O)S/C(=C\c2ccc(-c3cccc(Cl)c3)o2)C1=O)N1CCOCC1. The highest BCUT2D eigenvalue weighted by atomic mass is 35.5. The largest absolute Gasteiger partial charge is 0.457 e. The number of carbonyl (C=O) groups excluding carboxylic acids is 3. The lowest BCUT2D eigenvalue weighted by Gasteiger charge is -2.27. The maximum Gasteiger partial charge on any atom is 0.294 e. The highest BCUT2D eigenvalue weighted by Crippen LogP contribution is 2.33. The van der Waals surface area contributed by atoms with E-state index in [1.54, 1.807) is 29.2 Å². The summed E-state index contributed by atoms with van der Waals surface area (Å²) in [5.41, 5.74) is 0.807. The third-order valence-electron chi connectivity index (χ3n) is 4.54. The summed E-state index contributed by atoms with van der Waals surface area (Å²) in [4.78, 5) is 40.0. The van der Waals surface area contributed by atoms with Gasteiger partial charge in [-0.15, -0.1) is 0 Å². The molecule has 29 heavy (non-hydrogen) atoms. The maximum absolute atomic E-state index is 12.6. The zero-order chi connectivity index (χ0) is 20.4. The highest BCUT2D eigenvalue weighted by Gasteiger charge is 2.37. The molecule has 0 spiro atoms. The Hall–Kier alpha value is -2.55. The summed E-state index contributed by atoms with van der Waals surface area (Å²) in [6.45, 7) is 1.57. The monoisotopic (exact) mass is 432 g/mol. The Kier molecular flexibility index (Phi) is 5.75. The van der Waals surface area contributed by atoms with Gasteiger partial charge in [-0.3, -0.25) is 19.3 Å². The van der Waals surface area contributed by atoms with Crippen molar-refractivity contribution >= 4 is 46.5 Å². The van der Waals surface area contributed by atoms with E-state index >= 15 is 0 Å². The number of imide groups is 1. The predicted molar refractivity (Wildman–Crippen MR) is 109 cm³/mol. The summed E-state index contributed by atoms with van der Waals surface area (Å²) in [7, 11) is 0. The number of thioether (sulfide) groups is 1. The van der Waals surface area contributed by atoms with Crippen LogP contribution in [-0.4, -0.2) is 59.7 Å². The van der Waals surface area contributed by atoms with Crippen LogP contribution in [0.15, 0.2) is 45.7 Å². The minimum absolute atomic E-state index is 0.219. The van der Waals surface area contributed by atoms with E-state index in [1.807, 2.05) is 12.1 Å². The second kappa shape index (κ2) is 8.44. The summed E-state index contributed by atoms with van der Waals surface area (Å²) in [6.07, 6.45) is 1.51. The third kappa shape index (κ3) is 4.39. The first kappa shape index (κ1) is 19.8. The fourth-order valence-electron chi connectivity index (χ4n) is 3.04. The molecule has 4 rings (SSSR count). The van der Waals surface area contributed by atoms with Crippen molar-refractivity contribution in [3.05, 3.63) is 52.1 Å². The van der Waals surface area contributed by atoms with E-state index < -0.39 is 11.1 Å². The summed E-state index contributed by atoms with van der Waals surface area (Å²) in [5, 5.41) is 0.121. The molecule has 0 atom stereocenters. The van der Waals surface area contributed by atoms with E-state index in [0.717, 1.165) is 22.2 Å². The van der Waals surface area contributed by atoms with Crippen LogP contribution in [0.5, 0.6) is 0 Å². The van der Waals surface area contributed by atoms with Gasteiger partial charge in [-0.1, -0.05) is 23.7 Å². The summed E-state index contributed by atoms with van der Waals surface area (Å²) in [6, 6.07) is 10.7. The number of morpholine rings is 1. The minimum Gasteiger partial charge on any atom is -0.457 e. The first-order valence-corrected chi connectivity index (χ1v) is 10.2. The molecule has 3 heterocycles. The number of benzene rings is 1. The van der Waals surface area contributed by atoms with Gasteiger partial charge in [-0.25, -0.2) is 0 Å². The molecule has 2 aliphatic heterocycles.